The third kappa shape index (κ3) is 5.52. The van der Waals surface area contributed by atoms with Crippen LogP contribution in [0.1, 0.15) is 20.3 Å². The second kappa shape index (κ2) is 9.30. The molecule has 1 heterocycles. The van der Waals surface area contributed by atoms with Gasteiger partial charge in [-0.05, 0) is 36.7 Å². The molecule has 7 nitrogen and oxygen atoms in total. The summed E-state index contributed by atoms with van der Waals surface area (Å²) in [7, 11) is 0. The average molecular weight is 370 g/mol. The first-order valence-electron chi connectivity index (χ1n) is 8.34. The van der Waals surface area contributed by atoms with Gasteiger partial charge in [0.25, 0.3) is 0 Å². The lowest BCUT2D eigenvalue weighted by Gasteiger charge is -2.20. The molecular formula is C17H26N2O5S. The van der Waals surface area contributed by atoms with Crippen molar-refractivity contribution in [3.8, 4) is 5.75 Å². The highest BCUT2D eigenvalue weighted by atomic mass is 32.1. The lowest BCUT2D eigenvalue weighted by molar-refractivity contribution is -0.0260. The van der Waals surface area contributed by atoms with Gasteiger partial charge >= 0.3 is 0 Å². The Kier molecular flexibility index (Phi) is 7.39. The lowest BCUT2D eigenvalue weighted by atomic mass is 10.1. The minimum Gasteiger partial charge on any atom is -0.491 e. The summed E-state index contributed by atoms with van der Waals surface area (Å²) in [6.45, 7) is 4.48. The molecular weight excluding hydrogens is 344 g/mol. The van der Waals surface area contributed by atoms with E-state index in [1.165, 1.54) is 0 Å². The van der Waals surface area contributed by atoms with E-state index in [1.807, 2.05) is 24.3 Å². The topological polar surface area (TPSA) is 103 Å². The summed E-state index contributed by atoms with van der Waals surface area (Å²) in [6, 6.07) is 7.40. The monoisotopic (exact) mass is 370 g/mol. The number of hydrogen-bond acceptors (Lipinski definition) is 6. The molecule has 0 aromatic heterocycles. The van der Waals surface area contributed by atoms with E-state index < -0.39 is 24.5 Å². The Morgan fingerprint density at radius 3 is 2.64 bits per heavy atom. The normalized spacial score (nSPS) is 25.8. The lowest BCUT2D eigenvalue weighted by Crippen LogP contribution is -2.45. The molecule has 0 amide bonds. The van der Waals surface area contributed by atoms with E-state index in [1.54, 1.807) is 0 Å². The van der Waals surface area contributed by atoms with E-state index in [0.29, 0.717) is 24.0 Å². The Morgan fingerprint density at radius 1 is 1.28 bits per heavy atom. The summed E-state index contributed by atoms with van der Waals surface area (Å²) in [5.41, 5.74) is 0.690. The van der Waals surface area contributed by atoms with Crippen LogP contribution in [0.3, 0.4) is 0 Å². The van der Waals surface area contributed by atoms with Crippen molar-refractivity contribution < 1.29 is 24.8 Å². The molecule has 2 rings (SSSR count). The first kappa shape index (κ1) is 19.9. The summed E-state index contributed by atoms with van der Waals surface area (Å²) < 4.78 is 11.1. The standard InChI is InChI=1S/C17H26N2O5S/c1-10(2)7-8-23-12-6-4-3-5-11(12)18-17(25)19-16-15(22)14(21)13(9-20)24-16/h3-6,10,13-16,20-22H,7-9H2,1-2H3,(H2,18,19,25)/t13-,14-,15+,16?/m1/s1. The third-order valence-electron chi connectivity index (χ3n) is 3.90. The van der Waals surface area contributed by atoms with Crippen molar-refractivity contribution in [2.24, 2.45) is 5.92 Å². The second-order valence-corrected chi connectivity index (χ2v) is 6.79. The van der Waals surface area contributed by atoms with Gasteiger partial charge in [0.1, 0.15) is 24.1 Å². The van der Waals surface area contributed by atoms with E-state index in [2.05, 4.69) is 24.5 Å². The third-order valence-corrected chi connectivity index (χ3v) is 4.12. The van der Waals surface area contributed by atoms with Gasteiger partial charge in [-0.3, -0.25) is 0 Å². The molecule has 0 saturated carbocycles. The van der Waals surface area contributed by atoms with Crippen LogP contribution in [0.2, 0.25) is 0 Å². The molecule has 0 radical (unpaired) electrons. The van der Waals surface area contributed by atoms with Crippen LogP contribution < -0.4 is 15.4 Å². The predicted molar refractivity (Wildman–Crippen MR) is 98.5 cm³/mol. The molecule has 1 fully saturated rings. The Morgan fingerprint density at radius 2 is 2.00 bits per heavy atom. The molecule has 0 spiro atoms. The Labute approximate surface area is 153 Å². The molecule has 0 aliphatic carbocycles. The van der Waals surface area contributed by atoms with Crippen molar-refractivity contribution in [1.82, 2.24) is 5.32 Å². The van der Waals surface area contributed by atoms with Crippen LogP contribution in [0, 0.1) is 5.92 Å². The van der Waals surface area contributed by atoms with E-state index in [9.17, 15) is 10.2 Å². The van der Waals surface area contributed by atoms with Gasteiger partial charge in [0.2, 0.25) is 0 Å². The Bertz CT molecular complexity index is 572. The van der Waals surface area contributed by atoms with E-state index in [0.717, 1.165) is 6.42 Å². The van der Waals surface area contributed by atoms with E-state index in [-0.39, 0.29) is 11.7 Å². The number of para-hydroxylation sites is 2. The van der Waals surface area contributed by atoms with Gasteiger partial charge in [-0.2, -0.15) is 0 Å². The molecule has 25 heavy (non-hydrogen) atoms. The molecule has 0 bridgehead atoms. The maximum Gasteiger partial charge on any atom is 0.172 e. The average Bonchev–Trinajstić information content (AvgIpc) is 2.84. The maximum atomic E-state index is 9.94. The number of benzene rings is 1. The number of aliphatic hydroxyl groups excluding tert-OH is 3. The highest BCUT2D eigenvalue weighted by Crippen LogP contribution is 2.25. The number of thiocarbonyl (C=S) groups is 1. The Balaban J connectivity index is 1.92. The summed E-state index contributed by atoms with van der Waals surface area (Å²) in [5.74, 6) is 1.23. The van der Waals surface area contributed by atoms with Crippen molar-refractivity contribution in [3.63, 3.8) is 0 Å². The smallest absolute Gasteiger partial charge is 0.172 e. The summed E-state index contributed by atoms with van der Waals surface area (Å²) in [6.07, 6.45) is -3.16. The van der Waals surface area contributed by atoms with Crippen molar-refractivity contribution in [3.05, 3.63) is 24.3 Å². The number of aliphatic hydroxyl groups is 3. The van der Waals surface area contributed by atoms with Crippen LogP contribution in [0.4, 0.5) is 5.69 Å². The second-order valence-electron chi connectivity index (χ2n) is 6.38. The quantitative estimate of drug-likeness (QED) is 0.450. The van der Waals surface area contributed by atoms with E-state index >= 15 is 0 Å². The molecule has 1 saturated heterocycles. The van der Waals surface area contributed by atoms with Gasteiger partial charge in [-0.25, -0.2) is 0 Å². The van der Waals surface area contributed by atoms with Gasteiger partial charge in [0.15, 0.2) is 11.3 Å². The first-order valence-corrected chi connectivity index (χ1v) is 8.75. The van der Waals surface area contributed by atoms with Crippen LogP contribution in [0.5, 0.6) is 5.75 Å². The summed E-state index contributed by atoms with van der Waals surface area (Å²) in [4.78, 5) is 0. The van der Waals surface area contributed by atoms with Crippen LogP contribution in [-0.2, 0) is 4.74 Å². The fourth-order valence-electron chi connectivity index (χ4n) is 2.41. The minimum atomic E-state index is -1.19. The molecule has 4 atom stereocenters. The maximum absolute atomic E-state index is 9.94. The highest BCUT2D eigenvalue weighted by Gasteiger charge is 2.42. The zero-order chi connectivity index (χ0) is 18.4. The zero-order valence-electron chi connectivity index (χ0n) is 14.4. The van der Waals surface area contributed by atoms with Crippen LogP contribution >= 0.6 is 12.2 Å². The van der Waals surface area contributed by atoms with Gasteiger partial charge < -0.3 is 35.4 Å². The van der Waals surface area contributed by atoms with E-state index in [4.69, 9.17) is 26.8 Å². The largest absolute Gasteiger partial charge is 0.491 e. The molecule has 1 unspecified atom stereocenters. The summed E-state index contributed by atoms with van der Waals surface area (Å²) in [5, 5.41) is 34.8. The number of rotatable bonds is 7. The molecule has 8 heteroatoms. The highest BCUT2D eigenvalue weighted by molar-refractivity contribution is 7.80. The van der Waals surface area contributed by atoms with Crippen LogP contribution in [-0.4, -0.2) is 58.2 Å². The van der Waals surface area contributed by atoms with Gasteiger partial charge in [-0.15, -0.1) is 0 Å². The molecule has 1 aromatic rings. The first-order chi connectivity index (χ1) is 11.9. The molecule has 140 valence electrons. The van der Waals surface area contributed by atoms with Crippen LogP contribution in [0.25, 0.3) is 0 Å². The molecule has 1 aliphatic rings. The number of anilines is 1. The number of ether oxygens (including phenoxy) is 2. The van der Waals surface area contributed by atoms with Gasteiger partial charge in [-0.1, -0.05) is 26.0 Å². The fraction of sp³-hybridized carbons (Fsp3) is 0.588. The van der Waals surface area contributed by atoms with Gasteiger partial charge in [0, 0.05) is 0 Å². The van der Waals surface area contributed by atoms with Crippen molar-refractivity contribution in [2.75, 3.05) is 18.5 Å². The number of nitrogens with one attached hydrogen (secondary N) is 2. The summed E-state index contributed by atoms with van der Waals surface area (Å²) >= 11 is 5.24. The van der Waals surface area contributed by atoms with Crippen molar-refractivity contribution in [2.45, 2.75) is 44.8 Å². The Hall–Kier alpha value is -1.45. The van der Waals surface area contributed by atoms with Crippen molar-refractivity contribution >= 4 is 23.0 Å². The van der Waals surface area contributed by atoms with Gasteiger partial charge in [0.05, 0.1) is 18.9 Å². The van der Waals surface area contributed by atoms with Crippen molar-refractivity contribution in [1.29, 1.82) is 0 Å². The number of hydrogen-bond donors (Lipinski definition) is 5. The zero-order valence-corrected chi connectivity index (χ0v) is 15.2. The van der Waals surface area contributed by atoms with Crippen LogP contribution in [0.15, 0.2) is 24.3 Å². The molecule has 1 aromatic carbocycles. The fourth-order valence-corrected chi connectivity index (χ4v) is 2.63. The minimum absolute atomic E-state index is 0.217. The molecule has 1 aliphatic heterocycles. The predicted octanol–water partition coefficient (Wildman–Crippen LogP) is 0.837. The molecule has 5 N–H and O–H groups in total. The SMILES string of the molecule is CC(C)CCOc1ccccc1NC(=S)NC1O[C@H](CO)[C@@H](O)[C@@H]1O.